The number of likely N-dealkylation sites (tertiary alicyclic amines) is 1. The number of carbonyl (C=O) groups excluding carboxylic acids is 1. The molecule has 2 aliphatic rings. The highest BCUT2D eigenvalue weighted by Gasteiger charge is 2.38. The van der Waals surface area contributed by atoms with E-state index in [9.17, 15) is 4.79 Å². The Labute approximate surface area is 179 Å². The maximum Gasteiger partial charge on any atom is 0.244 e. The van der Waals surface area contributed by atoms with Crippen LogP contribution in [-0.2, 0) is 4.79 Å². The molecule has 7 heteroatoms. The molecule has 2 fully saturated rings. The lowest BCUT2D eigenvalue weighted by molar-refractivity contribution is -0.122. The van der Waals surface area contributed by atoms with E-state index >= 15 is 0 Å². The Hall–Kier alpha value is -2.88. The Morgan fingerprint density at radius 3 is 2.57 bits per heavy atom. The van der Waals surface area contributed by atoms with Crippen LogP contribution in [0.4, 0.5) is 5.69 Å². The largest absolute Gasteiger partial charge is 0.440 e. The van der Waals surface area contributed by atoms with Gasteiger partial charge >= 0.3 is 0 Å². The minimum Gasteiger partial charge on any atom is -0.440 e. The molecule has 152 valence electrons. The molecule has 1 atom stereocenters. The standard InChI is InChI=1S/C23H21ClN4O2/c24-17-3-6-21-19(13-17)26-22(30-21)16-7-10-27(11-8-16)20-9-12-28(23(20)29)18-4-1-15(14-25)2-5-18/h1-6,13,16,20H,7-12H2. The molecule has 0 radical (unpaired) electrons. The zero-order valence-electron chi connectivity index (χ0n) is 16.4. The molecule has 5 rings (SSSR count). The normalized spacial score (nSPS) is 20.7. The Morgan fingerprint density at radius 1 is 1.07 bits per heavy atom. The van der Waals surface area contributed by atoms with Crippen LogP contribution >= 0.6 is 11.6 Å². The van der Waals surface area contributed by atoms with Crippen molar-refractivity contribution in [2.24, 2.45) is 0 Å². The number of amides is 1. The van der Waals surface area contributed by atoms with Crippen LogP contribution in [0.15, 0.2) is 46.9 Å². The van der Waals surface area contributed by atoms with Crippen LogP contribution in [0.5, 0.6) is 0 Å². The van der Waals surface area contributed by atoms with Gasteiger partial charge in [0.1, 0.15) is 5.52 Å². The maximum absolute atomic E-state index is 13.0. The van der Waals surface area contributed by atoms with Crippen molar-refractivity contribution in [3.05, 3.63) is 58.9 Å². The highest BCUT2D eigenvalue weighted by atomic mass is 35.5. The fourth-order valence-corrected chi connectivity index (χ4v) is 4.69. The summed E-state index contributed by atoms with van der Waals surface area (Å²) in [4.78, 5) is 21.8. The fraction of sp³-hybridized carbons (Fsp3) is 0.348. The molecule has 6 nitrogen and oxygen atoms in total. The van der Waals surface area contributed by atoms with Gasteiger partial charge < -0.3 is 9.32 Å². The average molecular weight is 421 g/mol. The van der Waals surface area contributed by atoms with Crippen molar-refractivity contribution in [1.82, 2.24) is 9.88 Å². The zero-order valence-corrected chi connectivity index (χ0v) is 17.2. The third kappa shape index (κ3) is 3.45. The van der Waals surface area contributed by atoms with E-state index < -0.39 is 0 Å². The molecular formula is C23H21ClN4O2. The maximum atomic E-state index is 13.0. The summed E-state index contributed by atoms with van der Waals surface area (Å²) in [6, 6.07) is 14.8. The minimum atomic E-state index is -0.0796. The fourth-order valence-electron chi connectivity index (χ4n) is 4.53. The van der Waals surface area contributed by atoms with Crippen LogP contribution in [0, 0.1) is 11.3 Å². The molecule has 1 aromatic heterocycles. The van der Waals surface area contributed by atoms with Crippen molar-refractivity contribution >= 4 is 34.3 Å². The number of carbonyl (C=O) groups is 1. The second-order valence-corrected chi connectivity index (χ2v) is 8.36. The van der Waals surface area contributed by atoms with Gasteiger partial charge in [-0.25, -0.2) is 4.98 Å². The van der Waals surface area contributed by atoms with Gasteiger partial charge in [-0.1, -0.05) is 11.6 Å². The van der Waals surface area contributed by atoms with Gasteiger partial charge in [-0.05, 0) is 74.8 Å². The van der Waals surface area contributed by atoms with E-state index in [4.69, 9.17) is 21.3 Å². The molecule has 1 unspecified atom stereocenters. The van der Waals surface area contributed by atoms with Gasteiger partial charge in [0.15, 0.2) is 11.5 Å². The first-order chi connectivity index (χ1) is 14.6. The molecule has 3 heterocycles. The molecule has 2 aliphatic heterocycles. The molecule has 0 spiro atoms. The second kappa shape index (κ2) is 7.75. The summed E-state index contributed by atoms with van der Waals surface area (Å²) in [5, 5.41) is 9.62. The molecule has 0 bridgehead atoms. The van der Waals surface area contributed by atoms with Gasteiger partial charge in [0.25, 0.3) is 0 Å². The Morgan fingerprint density at radius 2 is 1.83 bits per heavy atom. The molecule has 0 saturated carbocycles. The molecule has 2 saturated heterocycles. The van der Waals surface area contributed by atoms with Crippen LogP contribution in [0.3, 0.4) is 0 Å². The number of aromatic nitrogens is 1. The minimum absolute atomic E-state index is 0.0796. The summed E-state index contributed by atoms with van der Waals surface area (Å²) < 4.78 is 5.95. The summed E-state index contributed by atoms with van der Waals surface area (Å²) in [7, 11) is 0. The van der Waals surface area contributed by atoms with Crippen molar-refractivity contribution in [3.8, 4) is 6.07 Å². The van der Waals surface area contributed by atoms with Gasteiger partial charge in [0, 0.05) is 23.2 Å². The summed E-state index contributed by atoms with van der Waals surface area (Å²) in [5.41, 5.74) is 3.02. The van der Waals surface area contributed by atoms with E-state index in [2.05, 4.69) is 16.0 Å². The first kappa shape index (κ1) is 19.1. The number of oxazole rings is 1. The molecule has 30 heavy (non-hydrogen) atoms. The number of hydrogen-bond donors (Lipinski definition) is 0. The van der Waals surface area contributed by atoms with Crippen molar-refractivity contribution in [2.45, 2.75) is 31.2 Å². The predicted octanol–water partition coefficient (Wildman–Crippen LogP) is 4.34. The zero-order chi connectivity index (χ0) is 20.7. The number of nitrogens with zero attached hydrogens (tertiary/aromatic N) is 4. The number of benzene rings is 2. The third-order valence-corrected chi connectivity index (χ3v) is 6.41. The second-order valence-electron chi connectivity index (χ2n) is 7.93. The number of fused-ring (bicyclic) bond motifs is 1. The molecule has 2 aromatic carbocycles. The lowest BCUT2D eigenvalue weighted by Crippen LogP contribution is -2.45. The molecule has 0 N–H and O–H groups in total. The lowest BCUT2D eigenvalue weighted by Gasteiger charge is -2.34. The Balaban J connectivity index is 1.24. The lowest BCUT2D eigenvalue weighted by atomic mass is 9.95. The number of nitriles is 1. The SMILES string of the molecule is N#Cc1ccc(N2CCC(N3CCC(c4nc5cc(Cl)ccc5o4)CC3)C2=O)cc1. The van der Waals surface area contributed by atoms with Crippen molar-refractivity contribution < 1.29 is 9.21 Å². The number of anilines is 1. The van der Waals surface area contributed by atoms with Crippen LogP contribution in [-0.4, -0.2) is 41.5 Å². The van der Waals surface area contributed by atoms with Crippen LogP contribution in [0.25, 0.3) is 11.1 Å². The topological polar surface area (TPSA) is 73.4 Å². The first-order valence-corrected chi connectivity index (χ1v) is 10.6. The van der Waals surface area contributed by atoms with E-state index in [1.807, 2.05) is 35.2 Å². The van der Waals surface area contributed by atoms with E-state index in [0.29, 0.717) is 17.1 Å². The van der Waals surface area contributed by atoms with E-state index in [1.165, 1.54) is 0 Å². The first-order valence-electron chi connectivity index (χ1n) is 10.2. The van der Waals surface area contributed by atoms with Crippen LogP contribution < -0.4 is 4.90 Å². The van der Waals surface area contributed by atoms with Gasteiger partial charge in [-0.2, -0.15) is 5.26 Å². The van der Waals surface area contributed by atoms with Crippen LogP contribution in [0.1, 0.15) is 36.6 Å². The highest BCUT2D eigenvalue weighted by molar-refractivity contribution is 6.31. The monoisotopic (exact) mass is 420 g/mol. The third-order valence-electron chi connectivity index (χ3n) is 6.17. The Bertz CT molecular complexity index is 1130. The predicted molar refractivity (Wildman–Crippen MR) is 114 cm³/mol. The molecule has 3 aromatic rings. The average Bonchev–Trinajstić information content (AvgIpc) is 3.37. The van der Waals surface area contributed by atoms with Gasteiger partial charge in [0.05, 0.1) is 17.7 Å². The summed E-state index contributed by atoms with van der Waals surface area (Å²) in [5.74, 6) is 1.18. The van der Waals surface area contributed by atoms with Crippen LogP contribution in [0.2, 0.25) is 5.02 Å². The molecule has 0 aliphatic carbocycles. The molecule has 1 amide bonds. The Kier molecular flexibility index (Phi) is 4.93. The van der Waals surface area contributed by atoms with Gasteiger partial charge in [0.2, 0.25) is 5.91 Å². The van der Waals surface area contributed by atoms with E-state index in [-0.39, 0.29) is 17.9 Å². The van der Waals surface area contributed by atoms with Crippen molar-refractivity contribution in [1.29, 1.82) is 5.26 Å². The summed E-state index contributed by atoms with van der Waals surface area (Å²) in [6.45, 7) is 2.41. The number of halogens is 1. The summed E-state index contributed by atoms with van der Waals surface area (Å²) >= 11 is 6.05. The quantitative estimate of drug-likeness (QED) is 0.630. The van der Waals surface area contributed by atoms with Gasteiger partial charge in [-0.15, -0.1) is 0 Å². The van der Waals surface area contributed by atoms with Crippen molar-refractivity contribution in [3.63, 3.8) is 0 Å². The van der Waals surface area contributed by atoms with Gasteiger partial charge in [-0.3, -0.25) is 9.69 Å². The molecular weight excluding hydrogens is 400 g/mol. The van der Waals surface area contributed by atoms with E-state index in [1.54, 1.807) is 12.1 Å². The van der Waals surface area contributed by atoms with Crippen molar-refractivity contribution in [2.75, 3.05) is 24.5 Å². The summed E-state index contributed by atoms with van der Waals surface area (Å²) in [6.07, 6.45) is 2.66. The van der Waals surface area contributed by atoms with E-state index in [0.717, 1.165) is 55.0 Å². The number of rotatable bonds is 3. The highest BCUT2D eigenvalue weighted by Crippen LogP contribution is 2.33. The number of piperidine rings is 1. The number of hydrogen-bond acceptors (Lipinski definition) is 5. The smallest absolute Gasteiger partial charge is 0.244 e.